The van der Waals surface area contributed by atoms with E-state index in [0.717, 1.165) is 11.3 Å². The van der Waals surface area contributed by atoms with E-state index < -0.39 is 0 Å². The average Bonchev–Trinajstić information content (AvgIpc) is 2.94. The molecule has 1 fully saturated rings. The summed E-state index contributed by atoms with van der Waals surface area (Å²) >= 11 is 1.58. The first-order valence-electron chi connectivity index (χ1n) is 5.11. The van der Waals surface area contributed by atoms with Gasteiger partial charge in [-0.3, -0.25) is 0 Å². The van der Waals surface area contributed by atoms with Crippen molar-refractivity contribution in [2.75, 3.05) is 18.1 Å². The Morgan fingerprint density at radius 2 is 2.47 bits per heavy atom. The van der Waals surface area contributed by atoms with Gasteiger partial charge in [-0.1, -0.05) is 0 Å². The largest absolute Gasteiger partial charge is 0.393 e. The number of aliphatic hydroxyl groups excluding tert-OH is 1. The number of aromatic nitrogens is 4. The molecule has 7 nitrogen and oxygen atoms in total. The van der Waals surface area contributed by atoms with E-state index in [1.807, 2.05) is 0 Å². The second-order valence-corrected chi connectivity index (χ2v) is 4.83. The molecule has 0 bridgehead atoms. The maximum Gasteiger partial charge on any atom is 0.224 e. The highest BCUT2D eigenvalue weighted by atomic mass is 32.2. The summed E-state index contributed by atoms with van der Waals surface area (Å²) in [5.41, 5.74) is 7.04. The molecule has 0 spiro atoms. The fourth-order valence-electron chi connectivity index (χ4n) is 1.79. The van der Waals surface area contributed by atoms with E-state index in [-0.39, 0.29) is 18.1 Å². The Kier molecular flexibility index (Phi) is 2.61. The van der Waals surface area contributed by atoms with Crippen LogP contribution in [0.1, 0.15) is 11.7 Å². The van der Waals surface area contributed by atoms with Gasteiger partial charge in [0, 0.05) is 11.3 Å². The summed E-state index contributed by atoms with van der Waals surface area (Å²) in [6.07, 6.45) is 2.98. The number of rotatable bonds is 2. The highest BCUT2D eigenvalue weighted by Gasteiger charge is 2.29. The van der Waals surface area contributed by atoms with Gasteiger partial charge in [-0.25, -0.2) is 9.97 Å². The molecule has 0 radical (unpaired) electrons. The smallest absolute Gasteiger partial charge is 0.224 e. The van der Waals surface area contributed by atoms with E-state index >= 15 is 0 Å². The summed E-state index contributed by atoms with van der Waals surface area (Å²) < 4.78 is 7.14. The standard InChI is InChI=1S/C9H11N5O2S/c10-9-12-4-11-8-5(1-13-14(8)9)6-3-17-7(2-15)16-6/h1,4,6-7,15H,2-3H2,(H2,10,11,12)/t6-,7+/m0/s1. The minimum absolute atomic E-state index is 0.0114. The Balaban J connectivity index is 1.99. The van der Waals surface area contributed by atoms with Crippen LogP contribution in [-0.2, 0) is 4.74 Å². The molecule has 3 rings (SSSR count). The summed E-state index contributed by atoms with van der Waals surface area (Å²) in [5.74, 6) is 1.07. The van der Waals surface area contributed by atoms with Crippen LogP contribution in [-0.4, -0.2) is 42.5 Å². The van der Waals surface area contributed by atoms with Crippen LogP contribution in [0.3, 0.4) is 0 Å². The molecule has 17 heavy (non-hydrogen) atoms. The zero-order chi connectivity index (χ0) is 11.8. The Labute approximate surface area is 101 Å². The predicted molar refractivity (Wildman–Crippen MR) is 62.4 cm³/mol. The zero-order valence-corrected chi connectivity index (χ0v) is 9.67. The molecule has 0 unspecified atom stereocenters. The van der Waals surface area contributed by atoms with E-state index in [4.69, 9.17) is 15.6 Å². The molecule has 1 aliphatic heterocycles. The zero-order valence-electron chi connectivity index (χ0n) is 8.85. The van der Waals surface area contributed by atoms with Crippen molar-refractivity contribution in [1.82, 2.24) is 19.6 Å². The van der Waals surface area contributed by atoms with Crippen LogP contribution in [0.5, 0.6) is 0 Å². The molecule has 2 aromatic heterocycles. The molecule has 1 saturated heterocycles. The van der Waals surface area contributed by atoms with Gasteiger partial charge in [-0.05, 0) is 0 Å². The SMILES string of the molecule is Nc1ncnc2c([C@@H]3CS[C@H](CO)O3)cnn12. The van der Waals surface area contributed by atoms with Gasteiger partial charge >= 0.3 is 0 Å². The number of nitrogens with two attached hydrogens (primary N) is 1. The molecule has 0 aliphatic carbocycles. The number of fused-ring (bicyclic) bond motifs is 1. The van der Waals surface area contributed by atoms with Gasteiger partial charge in [-0.2, -0.15) is 9.61 Å². The van der Waals surface area contributed by atoms with Crippen molar-refractivity contribution in [2.45, 2.75) is 11.5 Å². The first kappa shape index (κ1) is 10.8. The van der Waals surface area contributed by atoms with Crippen LogP contribution in [0.15, 0.2) is 12.5 Å². The molecule has 0 saturated carbocycles. The highest BCUT2D eigenvalue weighted by Crippen LogP contribution is 2.36. The second-order valence-electron chi connectivity index (χ2n) is 3.64. The number of ether oxygens (including phenoxy) is 1. The fraction of sp³-hybridized carbons (Fsp3) is 0.444. The molecular weight excluding hydrogens is 242 g/mol. The van der Waals surface area contributed by atoms with Crippen LogP contribution in [0.2, 0.25) is 0 Å². The van der Waals surface area contributed by atoms with Gasteiger partial charge in [-0.15, -0.1) is 11.8 Å². The van der Waals surface area contributed by atoms with Crippen LogP contribution < -0.4 is 5.73 Å². The number of hydrogen-bond acceptors (Lipinski definition) is 7. The van der Waals surface area contributed by atoms with Crippen LogP contribution >= 0.6 is 11.8 Å². The third-order valence-electron chi connectivity index (χ3n) is 2.60. The molecule has 3 heterocycles. The number of nitrogens with zero attached hydrogens (tertiary/aromatic N) is 4. The average molecular weight is 253 g/mol. The topological polar surface area (TPSA) is 98.6 Å². The van der Waals surface area contributed by atoms with Gasteiger partial charge in [0.15, 0.2) is 5.65 Å². The first-order chi connectivity index (χ1) is 8.29. The lowest BCUT2D eigenvalue weighted by Crippen LogP contribution is -2.09. The van der Waals surface area contributed by atoms with Gasteiger partial charge in [0.25, 0.3) is 0 Å². The van der Waals surface area contributed by atoms with Crippen molar-refractivity contribution in [3.63, 3.8) is 0 Å². The number of aliphatic hydroxyl groups is 1. The molecule has 1 aliphatic rings. The number of hydrogen-bond donors (Lipinski definition) is 2. The molecule has 2 atom stereocenters. The van der Waals surface area contributed by atoms with Crippen molar-refractivity contribution < 1.29 is 9.84 Å². The molecule has 0 amide bonds. The number of anilines is 1. The van der Waals surface area contributed by atoms with Crippen LogP contribution in [0, 0.1) is 0 Å². The van der Waals surface area contributed by atoms with Crippen molar-refractivity contribution in [2.24, 2.45) is 0 Å². The van der Waals surface area contributed by atoms with Gasteiger partial charge in [0.05, 0.1) is 18.9 Å². The summed E-state index contributed by atoms with van der Waals surface area (Å²) in [6.45, 7) is 0.0114. The molecule has 3 N–H and O–H groups in total. The molecular formula is C9H11N5O2S. The van der Waals surface area contributed by atoms with Crippen molar-refractivity contribution in [1.29, 1.82) is 0 Å². The maximum absolute atomic E-state index is 9.03. The van der Waals surface area contributed by atoms with E-state index in [2.05, 4.69) is 15.1 Å². The molecule has 8 heteroatoms. The lowest BCUT2D eigenvalue weighted by Gasteiger charge is -2.08. The monoisotopic (exact) mass is 253 g/mol. The van der Waals surface area contributed by atoms with E-state index in [1.54, 1.807) is 18.0 Å². The summed E-state index contributed by atoms with van der Waals surface area (Å²) in [5, 5.41) is 13.2. The number of nitrogen functional groups attached to an aromatic ring is 1. The fourth-order valence-corrected chi connectivity index (χ4v) is 2.76. The summed E-state index contributed by atoms with van der Waals surface area (Å²) in [4.78, 5) is 8.01. The molecule has 0 aromatic carbocycles. The van der Waals surface area contributed by atoms with E-state index in [9.17, 15) is 0 Å². The van der Waals surface area contributed by atoms with E-state index in [0.29, 0.717) is 11.6 Å². The molecule has 90 valence electrons. The Hall–Kier alpha value is -1.38. The van der Waals surface area contributed by atoms with Crippen LogP contribution in [0.4, 0.5) is 5.95 Å². The minimum atomic E-state index is -0.172. The lowest BCUT2D eigenvalue weighted by molar-refractivity contribution is 0.0350. The maximum atomic E-state index is 9.03. The van der Waals surface area contributed by atoms with Gasteiger partial charge in [0.2, 0.25) is 5.95 Å². The first-order valence-corrected chi connectivity index (χ1v) is 6.16. The normalized spacial score (nSPS) is 24.5. The minimum Gasteiger partial charge on any atom is -0.393 e. The summed E-state index contributed by atoms with van der Waals surface area (Å²) in [6, 6.07) is 0. The highest BCUT2D eigenvalue weighted by molar-refractivity contribution is 8.00. The Morgan fingerprint density at radius 1 is 1.59 bits per heavy atom. The summed E-state index contributed by atoms with van der Waals surface area (Å²) in [7, 11) is 0. The van der Waals surface area contributed by atoms with Crippen LogP contribution in [0.25, 0.3) is 5.65 Å². The molecule has 2 aromatic rings. The van der Waals surface area contributed by atoms with Gasteiger partial charge < -0.3 is 15.6 Å². The second kappa shape index (κ2) is 4.13. The third kappa shape index (κ3) is 1.74. The van der Waals surface area contributed by atoms with E-state index in [1.165, 1.54) is 10.8 Å². The predicted octanol–water partition coefficient (Wildman–Crippen LogP) is -0.171. The van der Waals surface area contributed by atoms with Crippen molar-refractivity contribution in [3.8, 4) is 0 Å². The lowest BCUT2D eigenvalue weighted by atomic mass is 10.2. The number of thioether (sulfide) groups is 1. The van der Waals surface area contributed by atoms with Gasteiger partial charge in [0.1, 0.15) is 11.8 Å². The van der Waals surface area contributed by atoms with Crippen molar-refractivity contribution >= 4 is 23.4 Å². The third-order valence-corrected chi connectivity index (χ3v) is 3.73. The Bertz CT molecular complexity index is 545. The quantitative estimate of drug-likeness (QED) is 0.766. The van der Waals surface area contributed by atoms with Crippen molar-refractivity contribution in [3.05, 3.63) is 18.1 Å². The Morgan fingerprint density at radius 3 is 3.24 bits per heavy atom.